The van der Waals surface area contributed by atoms with E-state index in [-0.39, 0.29) is 17.8 Å². The van der Waals surface area contributed by atoms with Crippen LogP contribution in [0.2, 0.25) is 0 Å². The summed E-state index contributed by atoms with van der Waals surface area (Å²) in [5, 5.41) is 10.4. The highest BCUT2D eigenvalue weighted by molar-refractivity contribution is 6.08. The fourth-order valence-electron chi connectivity index (χ4n) is 3.20. The summed E-state index contributed by atoms with van der Waals surface area (Å²) in [5.41, 5.74) is 0.964. The minimum atomic E-state index is -0.572. The van der Waals surface area contributed by atoms with Gasteiger partial charge in [-0.05, 0) is 51.7 Å². The number of Topliss-reactive ketones (excluding diaryl/α,β-unsaturated/α-hetero) is 1. The topological polar surface area (TPSA) is 70.1 Å². The monoisotopic (exact) mass is 360 g/mol. The molecule has 1 aromatic rings. The summed E-state index contributed by atoms with van der Waals surface area (Å²) in [5.74, 6) is -0.431. The van der Waals surface area contributed by atoms with Crippen molar-refractivity contribution >= 4 is 11.7 Å². The Morgan fingerprint density at radius 3 is 2.65 bits per heavy atom. The third-order valence-corrected chi connectivity index (χ3v) is 4.41. The Bertz CT molecular complexity index is 697. The largest absolute Gasteiger partial charge is 0.503 e. The van der Waals surface area contributed by atoms with Crippen molar-refractivity contribution in [2.45, 2.75) is 32.7 Å². The number of amides is 1. The molecule has 6 heteroatoms. The number of nitrogens with zero attached hydrogens (tertiary/aromatic N) is 2. The van der Waals surface area contributed by atoms with E-state index in [1.54, 1.807) is 11.8 Å². The van der Waals surface area contributed by atoms with Crippen LogP contribution in [0.15, 0.2) is 35.6 Å². The first kappa shape index (κ1) is 20.0. The van der Waals surface area contributed by atoms with Gasteiger partial charge in [0.15, 0.2) is 11.5 Å². The number of rotatable bonds is 9. The van der Waals surface area contributed by atoms with Crippen molar-refractivity contribution in [2.75, 3.05) is 33.8 Å². The Labute approximate surface area is 155 Å². The van der Waals surface area contributed by atoms with Crippen molar-refractivity contribution in [3.8, 4) is 5.75 Å². The number of ether oxygens (including phenoxy) is 1. The van der Waals surface area contributed by atoms with E-state index in [0.29, 0.717) is 18.9 Å². The first-order chi connectivity index (χ1) is 12.4. The summed E-state index contributed by atoms with van der Waals surface area (Å²) in [6, 6.07) is 6.80. The van der Waals surface area contributed by atoms with Crippen molar-refractivity contribution in [1.29, 1.82) is 0 Å². The molecular formula is C20H28N2O4. The van der Waals surface area contributed by atoms with Crippen LogP contribution in [0.25, 0.3) is 0 Å². The number of carbonyl (C=O) groups excluding carboxylic acids is 2. The number of carbonyl (C=O) groups is 2. The van der Waals surface area contributed by atoms with E-state index in [2.05, 4.69) is 0 Å². The number of ketones is 1. The molecule has 1 N–H and O–H groups in total. The van der Waals surface area contributed by atoms with Crippen molar-refractivity contribution in [1.82, 2.24) is 9.80 Å². The van der Waals surface area contributed by atoms with Gasteiger partial charge in [-0.1, -0.05) is 19.1 Å². The lowest BCUT2D eigenvalue weighted by Crippen LogP contribution is -2.33. The van der Waals surface area contributed by atoms with Crippen molar-refractivity contribution in [2.24, 2.45) is 0 Å². The van der Waals surface area contributed by atoms with Gasteiger partial charge in [0.1, 0.15) is 5.75 Å². The lowest BCUT2D eigenvalue weighted by atomic mass is 9.95. The molecule has 26 heavy (non-hydrogen) atoms. The Morgan fingerprint density at radius 1 is 1.31 bits per heavy atom. The molecule has 0 saturated heterocycles. The van der Waals surface area contributed by atoms with Crippen LogP contribution in [0.3, 0.4) is 0 Å². The van der Waals surface area contributed by atoms with E-state index >= 15 is 0 Å². The first-order valence-electron chi connectivity index (χ1n) is 9.05. The van der Waals surface area contributed by atoms with E-state index in [9.17, 15) is 14.7 Å². The summed E-state index contributed by atoms with van der Waals surface area (Å²) >= 11 is 0. The fraction of sp³-hybridized carbons (Fsp3) is 0.500. The SMILES string of the molecule is CCOc1cccc(C2C(C(=O)CC)=C(O)C(=O)N2CCCN(C)C)c1. The summed E-state index contributed by atoms with van der Waals surface area (Å²) in [6.07, 6.45) is 0.987. The summed E-state index contributed by atoms with van der Waals surface area (Å²) in [4.78, 5) is 28.7. The van der Waals surface area contributed by atoms with Gasteiger partial charge in [-0.25, -0.2) is 0 Å². The average molecular weight is 360 g/mol. The molecule has 0 aromatic heterocycles. The van der Waals surface area contributed by atoms with Gasteiger partial charge < -0.3 is 19.6 Å². The molecule has 1 atom stereocenters. The average Bonchev–Trinajstić information content (AvgIpc) is 2.86. The van der Waals surface area contributed by atoms with Gasteiger partial charge in [0.05, 0.1) is 18.2 Å². The number of aliphatic hydroxyl groups excluding tert-OH is 1. The zero-order valence-corrected chi connectivity index (χ0v) is 16.0. The minimum absolute atomic E-state index is 0.191. The fourth-order valence-corrected chi connectivity index (χ4v) is 3.20. The predicted molar refractivity (Wildman–Crippen MR) is 100 cm³/mol. The molecular weight excluding hydrogens is 332 g/mol. The Balaban J connectivity index is 2.40. The number of benzene rings is 1. The van der Waals surface area contributed by atoms with E-state index in [1.807, 2.05) is 50.2 Å². The molecule has 1 amide bonds. The van der Waals surface area contributed by atoms with Crippen LogP contribution in [0, 0.1) is 0 Å². The molecule has 1 unspecified atom stereocenters. The highest BCUT2D eigenvalue weighted by Crippen LogP contribution is 2.39. The van der Waals surface area contributed by atoms with Crippen LogP contribution in [0.1, 0.15) is 38.3 Å². The predicted octanol–water partition coefficient (Wildman–Crippen LogP) is 2.71. The maximum absolute atomic E-state index is 12.6. The Morgan fingerprint density at radius 2 is 2.04 bits per heavy atom. The van der Waals surface area contributed by atoms with E-state index in [0.717, 1.165) is 18.5 Å². The van der Waals surface area contributed by atoms with E-state index < -0.39 is 17.7 Å². The van der Waals surface area contributed by atoms with Crippen molar-refractivity contribution in [3.05, 3.63) is 41.2 Å². The second-order valence-corrected chi connectivity index (χ2v) is 6.60. The maximum Gasteiger partial charge on any atom is 0.290 e. The van der Waals surface area contributed by atoms with Gasteiger partial charge in [-0.2, -0.15) is 0 Å². The maximum atomic E-state index is 12.6. The molecule has 1 aromatic carbocycles. The molecule has 0 saturated carbocycles. The van der Waals surface area contributed by atoms with Crippen molar-refractivity contribution < 1.29 is 19.4 Å². The molecule has 1 aliphatic rings. The number of hydrogen-bond acceptors (Lipinski definition) is 5. The van der Waals surface area contributed by atoms with Crippen LogP contribution < -0.4 is 4.74 Å². The third-order valence-electron chi connectivity index (χ3n) is 4.41. The van der Waals surface area contributed by atoms with Gasteiger partial charge in [0.25, 0.3) is 5.91 Å². The lowest BCUT2D eigenvalue weighted by Gasteiger charge is -2.27. The van der Waals surface area contributed by atoms with E-state index in [1.165, 1.54) is 0 Å². The summed E-state index contributed by atoms with van der Waals surface area (Å²) < 4.78 is 5.56. The van der Waals surface area contributed by atoms with Crippen LogP contribution in [-0.4, -0.2) is 60.4 Å². The molecule has 0 fully saturated rings. The second-order valence-electron chi connectivity index (χ2n) is 6.60. The highest BCUT2D eigenvalue weighted by Gasteiger charge is 2.42. The number of aliphatic hydroxyl groups is 1. The van der Waals surface area contributed by atoms with Crippen molar-refractivity contribution in [3.63, 3.8) is 0 Å². The smallest absolute Gasteiger partial charge is 0.290 e. The summed E-state index contributed by atoms with van der Waals surface area (Å²) in [6.45, 7) is 5.44. The number of hydrogen-bond donors (Lipinski definition) is 1. The van der Waals surface area contributed by atoms with Gasteiger partial charge >= 0.3 is 0 Å². The zero-order chi connectivity index (χ0) is 19.3. The molecule has 0 bridgehead atoms. The quantitative estimate of drug-likeness (QED) is 0.733. The molecule has 1 aliphatic heterocycles. The van der Waals surface area contributed by atoms with Crippen LogP contribution in [0.4, 0.5) is 0 Å². The van der Waals surface area contributed by atoms with Gasteiger partial charge in [0.2, 0.25) is 0 Å². The van der Waals surface area contributed by atoms with Gasteiger partial charge in [-0.3, -0.25) is 9.59 Å². The molecule has 0 radical (unpaired) electrons. The standard InChI is InChI=1S/C20H28N2O4/c1-5-16(23)17-18(14-9-7-10-15(13-14)26-6-2)22(20(25)19(17)24)12-8-11-21(3)4/h7,9-10,13,18,24H,5-6,8,11-12H2,1-4H3. The van der Waals surface area contributed by atoms with Gasteiger partial charge in [-0.15, -0.1) is 0 Å². The minimum Gasteiger partial charge on any atom is -0.503 e. The van der Waals surface area contributed by atoms with Gasteiger partial charge in [0, 0.05) is 13.0 Å². The zero-order valence-electron chi connectivity index (χ0n) is 16.0. The highest BCUT2D eigenvalue weighted by atomic mass is 16.5. The first-order valence-corrected chi connectivity index (χ1v) is 9.05. The van der Waals surface area contributed by atoms with E-state index in [4.69, 9.17) is 4.74 Å². The third kappa shape index (κ3) is 4.25. The molecule has 0 aliphatic carbocycles. The summed E-state index contributed by atoms with van der Waals surface area (Å²) in [7, 11) is 3.94. The molecule has 142 valence electrons. The normalized spacial score (nSPS) is 17.3. The molecule has 0 spiro atoms. The lowest BCUT2D eigenvalue weighted by molar-refractivity contribution is -0.129. The Kier molecular flexibility index (Phi) is 6.80. The Hall–Kier alpha value is -2.34. The van der Waals surface area contributed by atoms with Crippen LogP contribution in [-0.2, 0) is 9.59 Å². The van der Waals surface area contributed by atoms with Crippen LogP contribution >= 0.6 is 0 Å². The molecule has 2 rings (SSSR count). The molecule has 6 nitrogen and oxygen atoms in total. The van der Waals surface area contributed by atoms with Crippen LogP contribution in [0.5, 0.6) is 5.75 Å². The molecule has 1 heterocycles. The second kappa shape index (κ2) is 8.85.